The van der Waals surface area contributed by atoms with Gasteiger partial charge >= 0.3 is 5.97 Å². The Labute approximate surface area is 207 Å². The molecule has 0 saturated heterocycles. The summed E-state index contributed by atoms with van der Waals surface area (Å²) in [5, 5.41) is 25.3. The van der Waals surface area contributed by atoms with Crippen LogP contribution in [0.25, 0.3) is 10.9 Å². The minimum absolute atomic E-state index is 0.0947. The van der Waals surface area contributed by atoms with E-state index in [0.29, 0.717) is 17.8 Å². The molecule has 188 valence electrons. The Morgan fingerprint density at radius 3 is 2.36 bits per heavy atom. The lowest BCUT2D eigenvalue weighted by molar-refractivity contribution is -0.140. The molecule has 0 aliphatic carbocycles. The van der Waals surface area contributed by atoms with Crippen molar-refractivity contribution in [3.63, 3.8) is 0 Å². The molecule has 0 fully saturated rings. The first kappa shape index (κ1) is 25.9. The van der Waals surface area contributed by atoms with Crippen LogP contribution in [0.15, 0.2) is 60.8 Å². The molecule has 11 heteroatoms. The minimum atomic E-state index is -1.27. The monoisotopic (exact) mass is 492 g/mol. The van der Waals surface area contributed by atoms with E-state index in [-0.39, 0.29) is 25.2 Å². The number of hydrogen-bond acceptors (Lipinski definition) is 5. The van der Waals surface area contributed by atoms with Gasteiger partial charge in [0.15, 0.2) is 0 Å². The van der Waals surface area contributed by atoms with Gasteiger partial charge in [0.25, 0.3) is 0 Å². The van der Waals surface area contributed by atoms with Gasteiger partial charge in [0.05, 0.1) is 6.42 Å². The fourth-order valence-electron chi connectivity index (χ4n) is 3.59. The number of nitrogens with two attached hydrogens (primary N) is 1. The first-order valence-electron chi connectivity index (χ1n) is 11.3. The normalized spacial score (nSPS) is 11.4. The maximum Gasteiger partial charge on any atom is 0.305 e. The molecule has 1 atom stereocenters. The molecule has 3 amide bonds. The third-order valence-electron chi connectivity index (χ3n) is 5.42. The van der Waals surface area contributed by atoms with Crippen molar-refractivity contribution in [3.8, 4) is 0 Å². The third-order valence-corrected chi connectivity index (χ3v) is 5.42. The lowest BCUT2D eigenvalue weighted by Gasteiger charge is -2.17. The van der Waals surface area contributed by atoms with E-state index in [1.165, 1.54) is 0 Å². The average Bonchev–Trinajstić information content (AvgIpc) is 3.25. The topological polar surface area (TPSA) is 179 Å². The number of amides is 3. The van der Waals surface area contributed by atoms with Gasteiger partial charge in [-0.05, 0) is 41.8 Å². The predicted molar refractivity (Wildman–Crippen MR) is 134 cm³/mol. The van der Waals surface area contributed by atoms with Gasteiger partial charge in [-0.3, -0.25) is 24.6 Å². The number of para-hydroxylation sites is 1. The molecular weight excluding hydrogens is 464 g/mol. The number of carbonyl (C=O) groups is 4. The summed E-state index contributed by atoms with van der Waals surface area (Å²) in [4.78, 5) is 48.2. The number of anilines is 1. The quantitative estimate of drug-likeness (QED) is 0.164. The van der Waals surface area contributed by atoms with E-state index in [0.717, 1.165) is 10.9 Å². The second-order valence-electron chi connectivity index (χ2n) is 8.12. The third kappa shape index (κ3) is 7.42. The van der Waals surface area contributed by atoms with Crippen LogP contribution in [0.3, 0.4) is 0 Å². The molecule has 11 nitrogen and oxygen atoms in total. The molecule has 0 radical (unpaired) electrons. The van der Waals surface area contributed by atoms with Gasteiger partial charge in [0.2, 0.25) is 17.7 Å². The number of carboxylic acids is 1. The van der Waals surface area contributed by atoms with Crippen LogP contribution in [0.1, 0.15) is 24.8 Å². The van der Waals surface area contributed by atoms with Crippen LogP contribution in [-0.4, -0.2) is 51.8 Å². The molecule has 0 aliphatic rings. The van der Waals surface area contributed by atoms with Crippen LogP contribution >= 0.6 is 0 Å². The average molecular weight is 493 g/mol. The number of hydrogen-bond donors (Lipinski definition) is 6. The molecule has 0 aliphatic heterocycles. The summed E-state index contributed by atoms with van der Waals surface area (Å²) in [7, 11) is 0. The fraction of sp³-hybridized carbons (Fsp3) is 0.240. The van der Waals surface area contributed by atoms with E-state index in [2.05, 4.69) is 16.0 Å². The summed E-state index contributed by atoms with van der Waals surface area (Å²) in [6.07, 6.45) is 0.924. The van der Waals surface area contributed by atoms with E-state index < -0.39 is 36.2 Å². The summed E-state index contributed by atoms with van der Waals surface area (Å²) < 4.78 is 1.96. The van der Waals surface area contributed by atoms with Gasteiger partial charge in [-0.15, -0.1) is 0 Å². The number of amidine groups is 1. The molecule has 3 rings (SSSR count). The van der Waals surface area contributed by atoms with Crippen molar-refractivity contribution >= 4 is 46.1 Å². The molecule has 0 bridgehead atoms. The van der Waals surface area contributed by atoms with Crippen molar-refractivity contribution in [3.05, 3.63) is 66.4 Å². The molecule has 36 heavy (non-hydrogen) atoms. The standard InChI is InChI=1S/C25H28N6O5/c26-24(27)17-5-7-18(8-6-17)29-21(32)9-10-22(33)30-19(15-23(34)35)25(36)28-12-14-31-13-11-16-3-1-2-4-20(16)31/h1-8,11,13,19H,9-10,12,14-15H2,(H3,26,27)(H,28,36)(H,29,32)(H,30,33)(H,34,35)/t19-/m0/s1. The van der Waals surface area contributed by atoms with Gasteiger partial charge in [-0.1, -0.05) is 18.2 Å². The van der Waals surface area contributed by atoms with Crippen molar-refractivity contribution in [1.29, 1.82) is 5.41 Å². The van der Waals surface area contributed by atoms with Gasteiger partial charge in [0, 0.05) is 48.9 Å². The number of aromatic nitrogens is 1. The molecule has 0 unspecified atom stereocenters. The zero-order valence-corrected chi connectivity index (χ0v) is 19.5. The Morgan fingerprint density at radius 1 is 0.972 bits per heavy atom. The molecule has 7 N–H and O–H groups in total. The number of aliphatic carboxylic acids is 1. The second kappa shape index (κ2) is 12.2. The Hall–Kier alpha value is -4.67. The van der Waals surface area contributed by atoms with Gasteiger partial charge in [0.1, 0.15) is 11.9 Å². The number of benzene rings is 2. The first-order valence-corrected chi connectivity index (χ1v) is 11.3. The maximum atomic E-state index is 12.6. The van der Waals surface area contributed by atoms with Gasteiger partial charge in [-0.2, -0.15) is 0 Å². The SMILES string of the molecule is N=C(N)c1ccc(NC(=O)CCC(=O)N[C@@H](CC(=O)O)C(=O)NCCn2ccc3ccccc32)cc1. The molecule has 2 aromatic carbocycles. The van der Waals surface area contributed by atoms with E-state index in [4.69, 9.17) is 16.2 Å². The van der Waals surface area contributed by atoms with Crippen LogP contribution in [0.4, 0.5) is 5.69 Å². The van der Waals surface area contributed by atoms with Crippen LogP contribution in [0.2, 0.25) is 0 Å². The molecule has 0 saturated carbocycles. The van der Waals surface area contributed by atoms with E-state index in [1.54, 1.807) is 24.3 Å². The molecule has 3 aromatic rings. The molecular formula is C25H28N6O5. The van der Waals surface area contributed by atoms with Crippen molar-refractivity contribution < 1.29 is 24.3 Å². The predicted octanol–water partition coefficient (Wildman–Crippen LogP) is 1.42. The highest BCUT2D eigenvalue weighted by atomic mass is 16.4. The number of nitrogens with zero attached hydrogens (tertiary/aromatic N) is 1. The lowest BCUT2D eigenvalue weighted by Crippen LogP contribution is -2.48. The number of carboxylic acid groups (broad SMARTS) is 1. The zero-order valence-electron chi connectivity index (χ0n) is 19.5. The summed E-state index contributed by atoms with van der Waals surface area (Å²) in [5.41, 5.74) is 7.39. The van der Waals surface area contributed by atoms with Crippen molar-refractivity contribution in [2.75, 3.05) is 11.9 Å². The Balaban J connectivity index is 1.46. The second-order valence-corrected chi connectivity index (χ2v) is 8.12. The summed E-state index contributed by atoms with van der Waals surface area (Å²) in [6.45, 7) is 0.717. The van der Waals surface area contributed by atoms with E-state index in [9.17, 15) is 19.2 Å². The van der Waals surface area contributed by atoms with Gasteiger partial charge < -0.3 is 31.4 Å². The molecule has 1 aromatic heterocycles. The lowest BCUT2D eigenvalue weighted by atomic mass is 10.1. The smallest absolute Gasteiger partial charge is 0.305 e. The number of carbonyl (C=O) groups excluding carboxylic acids is 3. The highest BCUT2D eigenvalue weighted by Crippen LogP contribution is 2.14. The van der Waals surface area contributed by atoms with E-state index in [1.807, 2.05) is 41.1 Å². The Kier molecular flexibility index (Phi) is 8.76. The number of fused-ring (bicyclic) bond motifs is 1. The largest absolute Gasteiger partial charge is 0.481 e. The molecule has 0 spiro atoms. The zero-order chi connectivity index (χ0) is 26.1. The number of nitrogen functional groups attached to an aromatic ring is 1. The summed E-state index contributed by atoms with van der Waals surface area (Å²) >= 11 is 0. The summed E-state index contributed by atoms with van der Waals surface area (Å²) in [5.74, 6) is -2.99. The number of nitrogens with one attached hydrogen (secondary N) is 4. The van der Waals surface area contributed by atoms with Crippen LogP contribution in [0, 0.1) is 5.41 Å². The van der Waals surface area contributed by atoms with Gasteiger partial charge in [-0.25, -0.2) is 0 Å². The Morgan fingerprint density at radius 2 is 1.67 bits per heavy atom. The summed E-state index contributed by atoms with van der Waals surface area (Å²) in [6, 6.07) is 14.8. The Bertz CT molecular complexity index is 1270. The van der Waals surface area contributed by atoms with Crippen molar-refractivity contribution in [2.24, 2.45) is 5.73 Å². The fourth-order valence-corrected chi connectivity index (χ4v) is 3.59. The molecule has 1 heterocycles. The highest BCUT2D eigenvalue weighted by molar-refractivity contribution is 5.97. The van der Waals surface area contributed by atoms with Crippen LogP contribution in [-0.2, 0) is 25.7 Å². The first-order chi connectivity index (χ1) is 17.2. The van der Waals surface area contributed by atoms with Crippen molar-refractivity contribution in [1.82, 2.24) is 15.2 Å². The van der Waals surface area contributed by atoms with E-state index >= 15 is 0 Å². The highest BCUT2D eigenvalue weighted by Gasteiger charge is 2.23. The van der Waals surface area contributed by atoms with Crippen molar-refractivity contribution in [2.45, 2.75) is 31.8 Å². The van der Waals surface area contributed by atoms with Crippen LogP contribution < -0.4 is 21.7 Å². The van der Waals surface area contributed by atoms with Crippen LogP contribution in [0.5, 0.6) is 0 Å². The maximum absolute atomic E-state index is 12.6. The number of rotatable bonds is 12. The minimum Gasteiger partial charge on any atom is -0.481 e.